The van der Waals surface area contributed by atoms with Gasteiger partial charge in [0.25, 0.3) is 0 Å². The maximum absolute atomic E-state index is 12.4. The highest BCUT2D eigenvalue weighted by atomic mass is 79.9. The molecule has 6 heteroatoms. The highest BCUT2D eigenvalue weighted by Crippen LogP contribution is 2.33. The Morgan fingerprint density at radius 2 is 2.13 bits per heavy atom. The number of benzene rings is 1. The highest BCUT2D eigenvalue weighted by Gasteiger charge is 2.34. The van der Waals surface area contributed by atoms with Gasteiger partial charge in [0.1, 0.15) is 6.04 Å². The van der Waals surface area contributed by atoms with Gasteiger partial charge in [-0.1, -0.05) is 34.9 Å². The van der Waals surface area contributed by atoms with Crippen LogP contribution in [0.15, 0.2) is 33.3 Å². The average Bonchev–Trinajstić information content (AvgIpc) is 3.16. The van der Waals surface area contributed by atoms with E-state index in [1.807, 2.05) is 29.2 Å². The Morgan fingerprint density at radius 3 is 2.83 bits per heavy atom. The van der Waals surface area contributed by atoms with Gasteiger partial charge in [0.05, 0.1) is 0 Å². The molecule has 0 radical (unpaired) electrons. The van der Waals surface area contributed by atoms with Crippen molar-refractivity contribution in [3.63, 3.8) is 0 Å². The molecule has 1 aliphatic heterocycles. The van der Waals surface area contributed by atoms with Gasteiger partial charge in [-0.3, -0.25) is 4.79 Å². The van der Waals surface area contributed by atoms with Crippen molar-refractivity contribution in [2.75, 3.05) is 6.54 Å². The molecule has 1 fully saturated rings. The van der Waals surface area contributed by atoms with Gasteiger partial charge in [-0.2, -0.15) is 4.98 Å². The van der Waals surface area contributed by atoms with E-state index < -0.39 is 0 Å². The number of aromatic nitrogens is 2. The molecule has 1 amide bonds. The predicted molar refractivity (Wildman–Crippen MR) is 90.6 cm³/mol. The summed E-state index contributed by atoms with van der Waals surface area (Å²) < 4.78 is 6.46. The molecule has 3 rings (SSSR count). The van der Waals surface area contributed by atoms with Crippen LogP contribution in [0, 0.1) is 5.92 Å². The number of carbonyl (C=O) groups is 1. The van der Waals surface area contributed by atoms with Crippen LogP contribution in [0.5, 0.6) is 0 Å². The van der Waals surface area contributed by atoms with Crippen LogP contribution in [0.25, 0.3) is 11.4 Å². The van der Waals surface area contributed by atoms with Crippen molar-refractivity contribution in [1.82, 2.24) is 15.0 Å². The summed E-state index contributed by atoms with van der Waals surface area (Å²) in [6, 6.07) is 7.68. The van der Waals surface area contributed by atoms with E-state index in [0.29, 0.717) is 24.1 Å². The maximum Gasteiger partial charge on any atom is 0.249 e. The van der Waals surface area contributed by atoms with E-state index in [2.05, 4.69) is 39.9 Å². The fourth-order valence-electron chi connectivity index (χ4n) is 2.88. The van der Waals surface area contributed by atoms with E-state index in [4.69, 9.17) is 4.52 Å². The number of nitrogens with zero attached hydrogens (tertiary/aromatic N) is 3. The monoisotopic (exact) mass is 377 g/mol. The largest absolute Gasteiger partial charge is 0.337 e. The minimum absolute atomic E-state index is 0.0852. The molecule has 0 N–H and O–H groups in total. The molecule has 1 atom stereocenters. The summed E-state index contributed by atoms with van der Waals surface area (Å²) in [7, 11) is 0. The quantitative estimate of drug-likeness (QED) is 0.800. The predicted octanol–water partition coefficient (Wildman–Crippen LogP) is 4.21. The molecular formula is C17H20BrN3O2. The summed E-state index contributed by atoms with van der Waals surface area (Å²) in [6.07, 6.45) is 2.42. The van der Waals surface area contributed by atoms with Crippen LogP contribution in [0.4, 0.5) is 0 Å². The fourth-order valence-corrected chi connectivity index (χ4v) is 3.14. The molecule has 1 saturated heterocycles. The molecule has 1 aromatic carbocycles. The second kappa shape index (κ2) is 6.83. The lowest BCUT2D eigenvalue weighted by Gasteiger charge is -2.22. The fraction of sp³-hybridized carbons (Fsp3) is 0.471. The lowest BCUT2D eigenvalue weighted by molar-refractivity contribution is -0.133. The zero-order chi connectivity index (χ0) is 16.4. The Labute approximate surface area is 144 Å². The summed E-state index contributed by atoms with van der Waals surface area (Å²) in [5.41, 5.74) is 0.904. The third kappa shape index (κ3) is 3.63. The minimum atomic E-state index is -0.0852. The van der Waals surface area contributed by atoms with E-state index in [-0.39, 0.29) is 11.9 Å². The maximum atomic E-state index is 12.4. The third-order valence-corrected chi connectivity index (χ3v) is 4.51. The van der Waals surface area contributed by atoms with Gasteiger partial charge in [-0.05, 0) is 43.0 Å². The molecule has 0 saturated carbocycles. The Balaban J connectivity index is 1.79. The van der Waals surface area contributed by atoms with Gasteiger partial charge < -0.3 is 9.42 Å². The van der Waals surface area contributed by atoms with Crippen molar-refractivity contribution < 1.29 is 9.32 Å². The second-order valence-electron chi connectivity index (χ2n) is 6.31. The molecule has 23 heavy (non-hydrogen) atoms. The van der Waals surface area contributed by atoms with E-state index in [1.54, 1.807) is 0 Å². The summed E-state index contributed by atoms with van der Waals surface area (Å²) in [5, 5.41) is 4.08. The van der Waals surface area contributed by atoms with Gasteiger partial charge >= 0.3 is 0 Å². The van der Waals surface area contributed by atoms with Gasteiger partial charge in [0, 0.05) is 23.0 Å². The van der Waals surface area contributed by atoms with E-state index in [1.165, 1.54) is 0 Å². The molecule has 0 spiro atoms. The zero-order valence-electron chi connectivity index (χ0n) is 13.3. The van der Waals surface area contributed by atoms with Crippen LogP contribution in [0.3, 0.4) is 0 Å². The zero-order valence-corrected chi connectivity index (χ0v) is 14.9. The van der Waals surface area contributed by atoms with Crippen molar-refractivity contribution in [3.8, 4) is 11.4 Å². The van der Waals surface area contributed by atoms with E-state index in [0.717, 1.165) is 29.4 Å². The SMILES string of the molecule is CC(C)CC(=O)N1CCCC1c1nc(-c2ccc(Br)cc2)no1. The number of rotatable bonds is 4. The first-order valence-electron chi connectivity index (χ1n) is 7.93. The summed E-state index contributed by atoms with van der Waals surface area (Å²) in [4.78, 5) is 18.8. The van der Waals surface area contributed by atoms with Crippen molar-refractivity contribution in [3.05, 3.63) is 34.6 Å². The summed E-state index contributed by atoms with van der Waals surface area (Å²) in [5.74, 6) is 1.63. The molecule has 1 aromatic heterocycles. The van der Waals surface area contributed by atoms with Crippen LogP contribution in [0.2, 0.25) is 0 Å². The normalized spacial score (nSPS) is 17.9. The first-order chi connectivity index (χ1) is 11.0. The number of hydrogen-bond donors (Lipinski definition) is 0. The van der Waals surface area contributed by atoms with E-state index in [9.17, 15) is 4.79 Å². The topological polar surface area (TPSA) is 59.2 Å². The Hall–Kier alpha value is -1.69. The van der Waals surface area contributed by atoms with Crippen molar-refractivity contribution in [2.45, 2.75) is 39.2 Å². The lowest BCUT2D eigenvalue weighted by atomic mass is 10.1. The van der Waals surface area contributed by atoms with Crippen molar-refractivity contribution >= 4 is 21.8 Å². The molecule has 122 valence electrons. The summed E-state index contributed by atoms with van der Waals surface area (Å²) >= 11 is 3.41. The number of hydrogen-bond acceptors (Lipinski definition) is 4. The van der Waals surface area contributed by atoms with E-state index >= 15 is 0 Å². The number of carbonyl (C=O) groups excluding carboxylic acids is 1. The molecule has 2 aromatic rings. The molecular weight excluding hydrogens is 358 g/mol. The van der Waals surface area contributed by atoms with Crippen LogP contribution in [-0.2, 0) is 4.79 Å². The van der Waals surface area contributed by atoms with Gasteiger partial charge in [0.15, 0.2) is 0 Å². The third-order valence-electron chi connectivity index (χ3n) is 3.99. The lowest BCUT2D eigenvalue weighted by Crippen LogP contribution is -2.31. The van der Waals surface area contributed by atoms with Gasteiger partial charge in [0.2, 0.25) is 17.6 Å². The van der Waals surface area contributed by atoms with Crippen LogP contribution >= 0.6 is 15.9 Å². The standard InChI is InChI=1S/C17H20BrN3O2/c1-11(2)10-15(22)21-9-3-4-14(21)17-19-16(20-23-17)12-5-7-13(18)8-6-12/h5-8,11,14H,3-4,9-10H2,1-2H3. The van der Waals surface area contributed by atoms with Gasteiger partial charge in [-0.25, -0.2) is 0 Å². The van der Waals surface area contributed by atoms with Crippen LogP contribution in [-0.4, -0.2) is 27.5 Å². The summed E-state index contributed by atoms with van der Waals surface area (Å²) in [6.45, 7) is 4.88. The first kappa shape index (κ1) is 16.2. The number of halogens is 1. The first-order valence-corrected chi connectivity index (χ1v) is 8.73. The minimum Gasteiger partial charge on any atom is -0.337 e. The molecule has 5 nitrogen and oxygen atoms in total. The van der Waals surface area contributed by atoms with Gasteiger partial charge in [-0.15, -0.1) is 0 Å². The highest BCUT2D eigenvalue weighted by molar-refractivity contribution is 9.10. The van der Waals surface area contributed by atoms with Crippen LogP contribution in [0.1, 0.15) is 45.0 Å². The molecule has 1 aliphatic rings. The smallest absolute Gasteiger partial charge is 0.249 e. The molecule has 2 heterocycles. The average molecular weight is 378 g/mol. The Morgan fingerprint density at radius 1 is 1.39 bits per heavy atom. The molecule has 1 unspecified atom stereocenters. The number of amides is 1. The molecule has 0 bridgehead atoms. The van der Waals surface area contributed by atoms with Crippen molar-refractivity contribution in [2.24, 2.45) is 5.92 Å². The second-order valence-corrected chi connectivity index (χ2v) is 7.22. The Bertz CT molecular complexity index is 681. The van der Waals surface area contributed by atoms with Crippen molar-refractivity contribution in [1.29, 1.82) is 0 Å². The van der Waals surface area contributed by atoms with Crippen LogP contribution < -0.4 is 0 Å². The molecule has 0 aliphatic carbocycles. The Kier molecular flexibility index (Phi) is 4.80. The number of likely N-dealkylation sites (tertiary alicyclic amines) is 1.